The molecule has 1 aliphatic carbocycles. The summed E-state index contributed by atoms with van der Waals surface area (Å²) in [4.78, 5) is 11.6. The van der Waals surface area contributed by atoms with Crippen LogP contribution in [0, 0.1) is 11.3 Å². The van der Waals surface area contributed by atoms with Gasteiger partial charge >= 0.3 is 6.03 Å². The summed E-state index contributed by atoms with van der Waals surface area (Å²) in [6.07, 6.45) is 4.78. The van der Waals surface area contributed by atoms with E-state index in [0.717, 1.165) is 19.4 Å². The minimum absolute atomic E-state index is 0.000579. The maximum atomic E-state index is 11.6. The number of urea groups is 1. The highest BCUT2D eigenvalue weighted by atomic mass is 16.2. The van der Waals surface area contributed by atoms with Gasteiger partial charge in [-0.2, -0.15) is 0 Å². The van der Waals surface area contributed by atoms with Crippen LogP contribution in [0.1, 0.15) is 53.4 Å². The fraction of sp³-hybridized carbons (Fsp3) is 0.923. The van der Waals surface area contributed by atoms with Crippen molar-refractivity contribution in [1.82, 2.24) is 10.6 Å². The number of carbonyl (C=O) groups is 1. The van der Waals surface area contributed by atoms with Crippen LogP contribution in [-0.4, -0.2) is 18.6 Å². The molecule has 0 spiro atoms. The molecule has 0 aromatic carbocycles. The maximum absolute atomic E-state index is 11.6. The molecule has 0 aromatic heterocycles. The minimum atomic E-state index is 0.000579. The van der Waals surface area contributed by atoms with Crippen molar-refractivity contribution in [3.05, 3.63) is 0 Å². The molecule has 0 saturated heterocycles. The first-order valence-electron chi connectivity index (χ1n) is 6.46. The van der Waals surface area contributed by atoms with Gasteiger partial charge in [0, 0.05) is 12.6 Å². The lowest BCUT2D eigenvalue weighted by Gasteiger charge is -2.29. The van der Waals surface area contributed by atoms with Crippen molar-refractivity contribution in [1.29, 1.82) is 0 Å². The Bertz CT molecular complexity index is 230. The van der Waals surface area contributed by atoms with Gasteiger partial charge in [0.25, 0.3) is 0 Å². The van der Waals surface area contributed by atoms with Crippen molar-refractivity contribution in [2.75, 3.05) is 6.54 Å². The molecule has 1 aliphatic rings. The predicted molar refractivity (Wildman–Crippen MR) is 67.4 cm³/mol. The Hall–Kier alpha value is -0.730. The molecule has 1 saturated carbocycles. The van der Waals surface area contributed by atoms with E-state index in [1.54, 1.807) is 0 Å². The summed E-state index contributed by atoms with van der Waals surface area (Å²) in [7, 11) is 0. The molecule has 3 nitrogen and oxygen atoms in total. The molecule has 1 rings (SSSR count). The van der Waals surface area contributed by atoms with Crippen molar-refractivity contribution in [2.24, 2.45) is 11.3 Å². The Morgan fingerprint density at radius 1 is 1.31 bits per heavy atom. The van der Waals surface area contributed by atoms with Gasteiger partial charge in [-0.1, -0.05) is 40.5 Å². The fourth-order valence-corrected chi connectivity index (χ4v) is 1.82. The minimum Gasteiger partial charge on any atom is -0.338 e. The molecule has 16 heavy (non-hydrogen) atoms. The Morgan fingerprint density at radius 2 is 1.88 bits per heavy atom. The van der Waals surface area contributed by atoms with Gasteiger partial charge in [0.15, 0.2) is 0 Å². The SMILES string of the molecule is CC(C)C(C)(C)CNC(=O)NC1CCCC1. The van der Waals surface area contributed by atoms with Gasteiger partial charge in [0.2, 0.25) is 0 Å². The van der Waals surface area contributed by atoms with Crippen LogP contribution in [0.5, 0.6) is 0 Å². The lowest BCUT2D eigenvalue weighted by atomic mass is 9.81. The summed E-state index contributed by atoms with van der Waals surface area (Å²) in [5, 5.41) is 6.02. The first kappa shape index (κ1) is 13.3. The van der Waals surface area contributed by atoms with Gasteiger partial charge in [-0.05, 0) is 24.2 Å². The number of hydrogen-bond acceptors (Lipinski definition) is 1. The van der Waals surface area contributed by atoms with Gasteiger partial charge in [0.05, 0.1) is 0 Å². The van der Waals surface area contributed by atoms with Crippen LogP contribution in [0.15, 0.2) is 0 Å². The van der Waals surface area contributed by atoms with E-state index < -0.39 is 0 Å². The molecule has 0 aliphatic heterocycles. The molecule has 0 aromatic rings. The Balaban J connectivity index is 2.24. The standard InChI is InChI=1S/C13H26N2O/c1-10(2)13(3,4)9-14-12(16)15-11-7-5-6-8-11/h10-11H,5-9H2,1-4H3,(H2,14,15,16). The van der Waals surface area contributed by atoms with Gasteiger partial charge in [0.1, 0.15) is 0 Å². The molecule has 1 fully saturated rings. The van der Waals surface area contributed by atoms with E-state index in [4.69, 9.17) is 0 Å². The highest BCUT2D eigenvalue weighted by Crippen LogP contribution is 2.24. The third-order valence-corrected chi connectivity index (χ3v) is 3.96. The van der Waals surface area contributed by atoms with Crippen LogP contribution in [0.3, 0.4) is 0 Å². The molecule has 94 valence electrons. The normalized spacial score (nSPS) is 17.8. The second-order valence-electron chi connectivity index (χ2n) is 5.95. The molecular weight excluding hydrogens is 200 g/mol. The predicted octanol–water partition coefficient (Wildman–Crippen LogP) is 2.91. The van der Waals surface area contributed by atoms with Crippen LogP contribution < -0.4 is 10.6 Å². The van der Waals surface area contributed by atoms with Crippen LogP contribution in [0.25, 0.3) is 0 Å². The first-order valence-corrected chi connectivity index (χ1v) is 6.46. The van der Waals surface area contributed by atoms with Crippen LogP contribution in [-0.2, 0) is 0 Å². The summed E-state index contributed by atoms with van der Waals surface area (Å²) >= 11 is 0. The molecule has 0 radical (unpaired) electrons. The second-order valence-corrected chi connectivity index (χ2v) is 5.95. The summed E-state index contributed by atoms with van der Waals surface area (Å²) in [6.45, 7) is 9.50. The number of rotatable bonds is 4. The third kappa shape index (κ3) is 4.03. The van der Waals surface area contributed by atoms with E-state index >= 15 is 0 Å². The van der Waals surface area contributed by atoms with E-state index in [1.165, 1.54) is 12.8 Å². The summed E-state index contributed by atoms with van der Waals surface area (Å²) < 4.78 is 0. The lowest BCUT2D eigenvalue weighted by molar-refractivity contribution is 0.213. The number of hydrogen-bond donors (Lipinski definition) is 2. The van der Waals surface area contributed by atoms with Crippen molar-refractivity contribution >= 4 is 6.03 Å². The molecule has 0 atom stereocenters. The zero-order valence-corrected chi connectivity index (χ0v) is 11.1. The molecule has 0 unspecified atom stereocenters. The van der Waals surface area contributed by atoms with Crippen LogP contribution in [0.4, 0.5) is 4.79 Å². The second kappa shape index (κ2) is 5.55. The molecule has 0 heterocycles. The number of amides is 2. The van der Waals surface area contributed by atoms with Gasteiger partial charge in [-0.3, -0.25) is 0 Å². The average molecular weight is 226 g/mol. The van der Waals surface area contributed by atoms with Crippen molar-refractivity contribution in [3.63, 3.8) is 0 Å². The summed E-state index contributed by atoms with van der Waals surface area (Å²) in [6, 6.07) is 0.405. The van der Waals surface area contributed by atoms with E-state index in [0.29, 0.717) is 12.0 Å². The van der Waals surface area contributed by atoms with Gasteiger partial charge < -0.3 is 10.6 Å². The van der Waals surface area contributed by atoms with Crippen molar-refractivity contribution in [3.8, 4) is 0 Å². The van der Waals surface area contributed by atoms with Crippen LogP contribution >= 0.6 is 0 Å². The van der Waals surface area contributed by atoms with Gasteiger partial charge in [-0.25, -0.2) is 4.79 Å². The van der Waals surface area contributed by atoms with E-state index in [1.807, 2.05) is 0 Å². The fourth-order valence-electron chi connectivity index (χ4n) is 1.82. The summed E-state index contributed by atoms with van der Waals surface area (Å²) in [5.74, 6) is 0.569. The van der Waals surface area contributed by atoms with Gasteiger partial charge in [-0.15, -0.1) is 0 Å². The quantitative estimate of drug-likeness (QED) is 0.760. The zero-order valence-electron chi connectivity index (χ0n) is 11.1. The van der Waals surface area contributed by atoms with E-state index in [9.17, 15) is 4.79 Å². The Morgan fingerprint density at radius 3 is 2.38 bits per heavy atom. The molecule has 2 amide bonds. The summed E-state index contributed by atoms with van der Waals surface area (Å²) in [5.41, 5.74) is 0.160. The van der Waals surface area contributed by atoms with E-state index in [2.05, 4.69) is 38.3 Å². The highest BCUT2D eigenvalue weighted by Gasteiger charge is 2.23. The largest absolute Gasteiger partial charge is 0.338 e. The Kier molecular flexibility index (Phi) is 4.63. The number of carbonyl (C=O) groups excluding carboxylic acids is 1. The maximum Gasteiger partial charge on any atom is 0.315 e. The molecule has 3 heteroatoms. The smallest absolute Gasteiger partial charge is 0.315 e. The third-order valence-electron chi connectivity index (χ3n) is 3.96. The average Bonchev–Trinajstić information content (AvgIpc) is 2.67. The van der Waals surface area contributed by atoms with Crippen LogP contribution in [0.2, 0.25) is 0 Å². The zero-order chi connectivity index (χ0) is 12.2. The Labute approximate surface area is 99.4 Å². The topological polar surface area (TPSA) is 41.1 Å². The molecule has 0 bridgehead atoms. The molecular formula is C13H26N2O. The number of nitrogens with one attached hydrogen (secondary N) is 2. The van der Waals surface area contributed by atoms with E-state index in [-0.39, 0.29) is 11.4 Å². The lowest BCUT2D eigenvalue weighted by Crippen LogP contribution is -2.45. The first-order chi connectivity index (χ1) is 7.42. The van der Waals surface area contributed by atoms with Crippen molar-refractivity contribution in [2.45, 2.75) is 59.4 Å². The molecule has 2 N–H and O–H groups in total. The monoisotopic (exact) mass is 226 g/mol. The van der Waals surface area contributed by atoms with Crippen molar-refractivity contribution < 1.29 is 4.79 Å². The highest BCUT2D eigenvalue weighted by molar-refractivity contribution is 5.74.